The second kappa shape index (κ2) is 6.66. The van der Waals surface area contributed by atoms with Crippen LogP contribution in [0.25, 0.3) is 0 Å². The fourth-order valence-electron chi connectivity index (χ4n) is 2.60. The van der Waals surface area contributed by atoms with E-state index in [1.165, 1.54) is 7.11 Å². The smallest absolute Gasteiger partial charge is 0.248 e. The molecule has 0 radical (unpaired) electrons. The third kappa shape index (κ3) is 3.26. The van der Waals surface area contributed by atoms with Gasteiger partial charge in [-0.1, -0.05) is 0 Å². The lowest BCUT2D eigenvalue weighted by Crippen LogP contribution is -2.47. The Labute approximate surface area is 133 Å². The first kappa shape index (κ1) is 15.3. The van der Waals surface area contributed by atoms with Crippen molar-refractivity contribution in [2.75, 3.05) is 20.3 Å². The Balaban J connectivity index is 1.72. The summed E-state index contributed by atoms with van der Waals surface area (Å²) in [6.45, 7) is 0.977. The Kier molecular flexibility index (Phi) is 4.42. The molecule has 3 heterocycles. The number of carbonyl (C=O) groups is 2. The van der Waals surface area contributed by atoms with Crippen LogP contribution in [-0.4, -0.2) is 46.8 Å². The van der Waals surface area contributed by atoms with E-state index in [4.69, 9.17) is 9.15 Å². The van der Waals surface area contributed by atoms with E-state index >= 15 is 0 Å². The van der Waals surface area contributed by atoms with Crippen molar-refractivity contribution in [3.63, 3.8) is 0 Å². The van der Waals surface area contributed by atoms with Crippen LogP contribution in [0.3, 0.4) is 0 Å². The van der Waals surface area contributed by atoms with Gasteiger partial charge in [0.1, 0.15) is 18.4 Å². The van der Waals surface area contributed by atoms with Crippen molar-refractivity contribution in [2.45, 2.75) is 19.1 Å². The van der Waals surface area contributed by atoms with Gasteiger partial charge in [0.15, 0.2) is 0 Å². The van der Waals surface area contributed by atoms with Gasteiger partial charge in [-0.25, -0.2) is 0 Å². The summed E-state index contributed by atoms with van der Waals surface area (Å²) in [5, 5.41) is 7.02. The number of rotatable bonds is 5. The maximum absolute atomic E-state index is 12.5. The molecule has 1 N–H and O–H groups in total. The molecule has 1 atom stereocenters. The number of ether oxygens (including phenoxy) is 1. The highest BCUT2D eigenvalue weighted by Gasteiger charge is 2.32. The predicted octanol–water partition coefficient (Wildman–Crippen LogP) is 0.322. The number of amides is 2. The lowest BCUT2D eigenvalue weighted by atomic mass is 10.1. The van der Waals surface area contributed by atoms with Gasteiger partial charge in [-0.05, 0) is 18.2 Å². The lowest BCUT2D eigenvalue weighted by molar-refractivity contribution is -0.139. The van der Waals surface area contributed by atoms with Gasteiger partial charge >= 0.3 is 0 Å². The molecule has 23 heavy (non-hydrogen) atoms. The quantitative estimate of drug-likeness (QED) is 0.857. The van der Waals surface area contributed by atoms with Crippen LogP contribution in [0.2, 0.25) is 0 Å². The first-order valence-electron chi connectivity index (χ1n) is 7.28. The maximum Gasteiger partial charge on any atom is 0.248 e. The van der Waals surface area contributed by atoms with Crippen molar-refractivity contribution in [3.05, 3.63) is 42.1 Å². The Morgan fingerprint density at radius 2 is 2.35 bits per heavy atom. The Hall–Kier alpha value is -2.61. The van der Waals surface area contributed by atoms with Gasteiger partial charge in [-0.15, -0.1) is 0 Å². The first-order chi connectivity index (χ1) is 11.2. The summed E-state index contributed by atoms with van der Waals surface area (Å²) in [5.41, 5.74) is 0.818. The molecule has 0 bridgehead atoms. The number of nitrogens with zero attached hydrogens (tertiary/aromatic N) is 3. The SMILES string of the molecule is COCC(=O)N1Cc2ccnn2[C@H](C(=O)NCc2ccco2)C1. The first-order valence-corrected chi connectivity index (χ1v) is 7.28. The number of nitrogens with one attached hydrogen (secondary N) is 1. The van der Waals surface area contributed by atoms with Gasteiger partial charge in [-0.3, -0.25) is 14.3 Å². The van der Waals surface area contributed by atoms with E-state index in [0.717, 1.165) is 5.69 Å². The molecule has 3 rings (SSSR count). The van der Waals surface area contributed by atoms with E-state index in [1.54, 1.807) is 40.2 Å². The minimum Gasteiger partial charge on any atom is -0.467 e. The van der Waals surface area contributed by atoms with E-state index in [-0.39, 0.29) is 25.0 Å². The highest BCUT2D eigenvalue weighted by atomic mass is 16.5. The van der Waals surface area contributed by atoms with Crippen molar-refractivity contribution in [3.8, 4) is 0 Å². The van der Waals surface area contributed by atoms with Crippen molar-refractivity contribution >= 4 is 11.8 Å². The molecule has 0 saturated heterocycles. The predicted molar refractivity (Wildman–Crippen MR) is 79.1 cm³/mol. The summed E-state index contributed by atoms with van der Waals surface area (Å²) in [5.74, 6) is 0.312. The number of methoxy groups -OCH3 is 1. The molecule has 2 aromatic heterocycles. The second-order valence-electron chi connectivity index (χ2n) is 5.29. The van der Waals surface area contributed by atoms with Crippen LogP contribution < -0.4 is 5.32 Å². The molecule has 0 unspecified atom stereocenters. The third-order valence-electron chi connectivity index (χ3n) is 3.73. The maximum atomic E-state index is 12.5. The number of fused-ring (bicyclic) bond motifs is 1. The van der Waals surface area contributed by atoms with Gasteiger partial charge in [0.2, 0.25) is 11.8 Å². The van der Waals surface area contributed by atoms with E-state index in [9.17, 15) is 9.59 Å². The largest absolute Gasteiger partial charge is 0.467 e. The van der Waals surface area contributed by atoms with Crippen LogP contribution in [0.1, 0.15) is 17.5 Å². The minimum atomic E-state index is -0.565. The molecule has 122 valence electrons. The monoisotopic (exact) mass is 318 g/mol. The summed E-state index contributed by atoms with van der Waals surface area (Å²) in [6, 6.07) is 4.79. The summed E-state index contributed by atoms with van der Waals surface area (Å²) in [6.07, 6.45) is 3.19. The Bertz CT molecular complexity index is 679. The molecule has 1 aliphatic rings. The van der Waals surface area contributed by atoms with Crippen molar-refractivity contribution in [1.29, 1.82) is 0 Å². The number of carbonyl (C=O) groups excluding carboxylic acids is 2. The highest BCUT2D eigenvalue weighted by molar-refractivity contribution is 5.83. The summed E-state index contributed by atoms with van der Waals surface area (Å²) < 4.78 is 11.8. The van der Waals surface area contributed by atoms with Crippen LogP contribution in [0.15, 0.2) is 35.1 Å². The topological polar surface area (TPSA) is 89.6 Å². The fourth-order valence-corrected chi connectivity index (χ4v) is 2.60. The van der Waals surface area contributed by atoms with Gasteiger partial charge in [0, 0.05) is 13.3 Å². The molecule has 1 aliphatic heterocycles. The molecule has 0 spiro atoms. The zero-order valence-corrected chi connectivity index (χ0v) is 12.8. The van der Waals surface area contributed by atoms with Crippen molar-refractivity contribution in [2.24, 2.45) is 0 Å². The highest BCUT2D eigenvalue weighted by Crippen LogP contribution is 2.20. The fraction of sp³-hybridized carbons (Fsp3) is 0.400. The van der Waals surface area contributed by atoms with Crippen molar-refractivity contribution in [1.82, 2.24) is 20.0 Å². The molecular weight excluding hydrogens is 300 g/mol. The van der Waals surface area contributed by atoms with Crippen LogP contribution in [0.4, 0.5) is 0 Å². The normalized spacial score (nSPS) is 16.9. The van der Waals surface area contributed by atoms with Crippen molar-refractivity contribution < 1.29 is 18.7 Å². The Morgan fingerprint density at radius 3 is 3.09 bits per heavy atom. The minimum absolute atomic E-state index is 0.00509. The van der Waals surface area contributed by atoms with Gasteiger partial charge in [-0.2, -0.15) is 5.10 Å². The standard InChI is InChI=1S/C15H18N4O4/c1-22-10-14(20)18-8-11-4-5-17-19(11)13(9-18)15(21)16-7-12-3-2-6-23-12/h2-6,13H,7-10H2,1H3,(H,16,21)/t13-/m0/s1. The molecule has 0 aliphatic carbocycles. The van der Waals surface area contributed by atoms with Crippen LogP contribution in [-0.2, 0) is 27.4 Å². The molecule has 0 aromatic carbocycles. The van der Waals surface area contributed by atoms with Crippen LogP contribution in [0, 0.1) is 0 Å². The number of hydrogen-bond donors (Lipinski definition) is 1. The molecule has 0 saturated carbocycles. The number of furan rings is 1. The summed E-state index contributed by atoms with van der Waals surface area (Å²) >= 11 is 0. The average Bonchev–Trinajstić information content (AvgIpc) is 3.22. The zero-order valence-electron chi connectivity index (χ0n) is 12.8. The van der Waals surface area contributed by atoms with E-state index in [0.29, 0.717) is 18.8 Å². The summed E-state index contributed by atoms with van der Waals surface area (Å²) in [4.78, 5) is 26.2. The zero-order chi connectivity index (χ0) is 16.2. The second-order valence-corrected chi connectivity index (χ2v) is 5.29. The molecule has 0 fully saturated rings. The van der Waals surface area contributed by atoms with E-state index < -0.39 is 6.04 Å². The summed E-state index contributed by atoms with van der Waals surface area (Å²) in [7, 11) is 1.47. The molecule has 8 nitrogen and oxygen atoms in total. The van der Waals surface area contributed by atoms with Gasteiger partial charge < -0.3 is 19.4 Å². The van der Waals surface area contributed by atoms with E-state index in [1.807, 2.05) is 0 Å². The molecule has 2 amide bonds. The van der Waals surface area contributed by atoms with Gasteiger partial charge in [0.05, 0.1) is 31.6 Å². The average molecular weight is 318 g/mol. The van der Waals surface area contributed by atoms with E-state index in [2.05, 4.69) is 10.4 Å². The third-order valence-corrected chi connectivity index (χ3v) is 3.73. The number of aromatic nitrogens is 2. The van der Waals surface area contributed by atoms with Crippen LogP contribution in [0.5, 0.6) is 0 Å². The molecular formula is C15H18N4O4. The molecule has 8 heteroatoms. The number of hydrogen-bond acceptors (Lipinski definition) is 5. The van der Waals surface area contributed by atoms with Crippen LogP contribution >= 0.6 is 0 Å². The van der Waals surface area contributed by atoms with Gasteiger partial charge in [0.25, 0.3) is 0 Å². The molecule has 2 aromatic rings. The Morgan fingerprint density at radius 1 is 1.48 bits per heavy atom. The lowest BCUT2D eigenvalue weighted by Gasteiger charge is -2.33.